The Balaban J connectivity index is 0.000000327. The van der Waals surface area contributed by atoms with E-state index in [1.807, 2.05) is 0 Å². The van der Waals surface area contributed by atoms with E-state index >= 15 is 0 Å². The molecule has 45 heteroatoms. The van der Waals surface area contributed by atoms with E-state index in [4.69, 9.17) is 53.1 Å². The quantitative estimate of drug-likeness (QED) is 0.0363. The van der Waals surface area contributed by atoms with Crippen molar-refractivity contribution in [2.75, 3.05) is 61.5 Å². The summed E-state index contributed by atoms with van der Waals surface area (Å²) in [4.78, 5) is 76.6. The summed E-state index contributed by atoms with van der Waals surface area (Å²) in [6, 6.07) is 7.56. The number of anilines is 3. The summed E-state index contributed by atoms with van der Waals surface area (Å²) in [7, 11) is -15.7. The van der Waals surface area contributed by atoms with Crippen LogP contribution in [0.2, 0.25) is 10.0 Å². The monoisotopic (exact) mass is 1420 g/mol. The number of nitrogens with two attached hydrogens (primary N) is 1. The maximum absolute atomic E-state index is 12.8. The van der Waals surface area contributed by atoms with E-state index in [9.17, 15) is 79.4 Å². The van der Waals surface area contributed by atoms with Crippen molar-refractivity contribution >= 4 is 106 Å². The minimum absolute atomic E-state index is 0.0257. The van der Waals surface area contributed by atoms with Crippen LogP contribution in [0, 0.1) is 13.8 Å². The number of carbonyl (C=O) groups excluding carboxylic acids is 2. The van der Waals surface area contributed by atoms with Gasteiger partial charge in [0.25, 0.3) is 20.0 Å². The van der Waals surface area contributed by atoms with E-state index in [2.05, 4.69) is 50.4 Å². The highest BCUT2D eigenvalue weighted by Crippen LogP contribution is 2.36. The largest absolute Gasteiger partial charge is 0.481 e. The molecule has 4 amide bonds. The highest BCUT2D eigenvalue weighted by molar-refractivity contribution is 7.94. The van der Waals surface area contributed by atoms with Crippen molar-refractivity contribution < 1.29 is 98.8 Å². The Bertz CT molecular complexity index is 4130. The predicted octanol–water partition coefficient (Wildman–Crippen LogP) is 4.49. The Morgan fingerprint density at radius 1 is 0.800 bits per heavy atom. The van der Waals surface area contributed by atoms with Crippen molar-refractivity contribution in [3.05, 3.63) is 98.5 Å². The molecule has 2 unspecified atom stereocenters. The molecule has 0 spiro atoms. The van der Waals surface area contributed by atoms with Crippen molar-refractivity contribution in [1.29, 1.82) is 0 Å². The number of pyridine rings is 1. The van der Waals surface area contributed by atoms with E-state index in [0.29, 0.717) is 4.68 Å². The predicted molar refractivity (Wildman–Crippen MR) is 311 cm³/mol. The van der Waals surface area contributed by atoms with Crippen LogP contribution in [0.15, 0.2) is 80.4 Å². The molecule has 0 saturated heterocycles. The maximum atomic E-state index is 12.8. The van der Waals surface area contributed by atoms with Gasteiger partial charge in [0.05, 0.1) is 65.7 Å². The van der Waals surface area contributed by atoms with E-state index in [1.54, 1.807) is 9.44 Å². The van der Waals surface area contributed by atoms with Gasteiger partial charge >= 0.3 is 42.5 Å². The number of carboxylic acid groups (broad SMARTS) is 1. The number of aliphatic carboxylic acids is 1. The topological polar surface area (TPSA) is 476 Å². The number of benzene rings is 2. The van der Waals surface area contributed by atoms with Gasteiger partial charge < -0.3 is 29.9 Å². The first-order valence-electron chi connectivity index (χ1n) is 24.4. The van der Waals surface area contributed by atoms with Crippen LogP contribution in [0.4, 0.5) is 49.1 Å². The number of nitrogens with zero attached hydrogens (tertiary/aromatic N) is 9. The van der Waals surface area contributed by atoms with Crippen LogP contribution >= 0.6 is 30.6 Å². The van der Waals surface area contributed by atoms with E-state index in [1.165, 1.54) is 85.2 Å². The van der Waals surface area contributed by atoms with Crippen molar-refractivity contribution in [3.8, 4) is 23.5 Å². The molecule has 0 saturated carbocycles. The molecule has 90 heavy (non-hydrogen) atoms. The second-order valence-electron chi connectivity index (χ2n) is 17.6. The zero-order valence-electron chi connectivity index (χ0n) is 47.7. The number of sulfonamides is 3. The van der Waals surface area contributed by atoms with Crippen LogP contribution in [0.1, 0.15) is 43.5 Å². The van der Waals surface area contributed by atoms with Crippen molar-refractivity contribution in [1.82, 2.24) is 53.7 Å². The van der Waals surface area contributed by atoms with Crippen LogP contribution in [-0.2, 0) is 55.7 Å². The van der Waals surface area contributed by atoms with Gasteiger partial charge in [0.15, 0.2) is 22.2 Å². The number of hydrogen-bond donors (Lipinski definition) is 8. The number of aromatic nitrogens is 9. The van der Waals surface area contributed by atoms with Crippen LogP contribution in [0.3, 0.4) is 0 Å². The average Bonchev–Trinajstić information content (AvgIpc) is 1.47. The molecular formula is C45H55Cl2F5N15O18PS4. The van der Waals surface area contributed by atoms with E-state index in [-0.39, 0.29) is 91.2 Å². The fraction of sp³-hybridized carbons (Fsp3) is 0.356. The third-order valence-electron chi connectivity index (χ3n) is 10.5. The van der Waals surface area contributed by atoms with Crippen LogP contribution in [-0.4, -0.2) is 164 Å². The van der Waals surface area contributed by atoms with Gasteiger partial charge in [0, 0.05) is 25.4 Å². The lowest BCUT2D eigenvalue weighted by Crippen LogP contribution is -2.36. The number of hydrogen-bond acceptors (Lipinski definition) is 24. The number of aryl methyl sites for hydroxylation is 3. The molecule has 0 aliphatic carbocycles. The number of carbonyl (C=O) groups is 3. The number of amides is 4. The summed E-state index contributed by atoms with van der Waals surface area (Å²) in [6.45, 7) is 2.19. The van der Waals surface area contributed by atoms with Crippen molar-refractivity contribution in [2.45, 2.75) is 73.6 Å². The molecule has 0 aliphatic heterocycles. The normalized spacial score (nSPS) is 12.6. The first-order valence-corrected chi connectivity index (χ1v) is 34.0. The summed E-state index contributed by atoms with van der Waals surface area (Å²) in [5.41, 5.74) is 3.75. The molecule has 33 nitrogen and oxygen atoms in total. The zero-order valence-corrected chi connectivity index (χ0v) is 53.4. The Morgan fingerprint density at radius 3 is 1.86 bits per heavy atom. The Hall–Kier alpha value is -7.99. The highest BCUT2D eigenvalue weighted by atomic mass is 35.5. The molecule has 6 aromatic rings. The van der Waals surface area contributed by atoms with Gasteiger partial charge in [-0.25, -0.2) is 58.6 Å². The molecule has 4 heterocycles. The van der Waals surface area contributed by atoms with E-state index in [0.717, 1.165) is 30.7 Å². The van der Waals surface area contributed by atoms with Gasteiger partial charge in [-0.1, -0.05) is 48.3 Å². The second-order valence-corrected chi connectivity index (χ2v) is 28.2. The summed E-state index contributed by atoms with van der Waals surface area (Å²) >= 11 is 11.8. The number of sulfone groups is 1. The van der Waals surface area contributed by atoms with Gasteiger partial charge in [0.1, 0.15) is 22.6 Å². The van der Waals surface area contributed by atoms with Gasteiger partial charge in [-0.15, -0.1) is 5.10 Å². The zero-order chi connectivity index (χ0) is 68.5. The molecule has 0 bridgehead atoms. The molecule has 0 fully saturated rings. The van der Waals surface area contributed by atoms with Gasteiger partial charge in [-0.2, -0.15) is 60.0 Å². The summed E-state index contributed by atoms with van der Waals surface area (Å²) in [6.07, 6.45) is -4.20. The van der Waals surface area contributed by atoms with Crippen LogP contribution < -0.4 is 50.4 Å². The number of halogens is 7. The SMILES string of the molecule is CCS(=O)(=O)c1cccnc1S(=O)(=O)NC(=O)Nc1nc(OC)cc(OC)n1.COc1nc(C)nc(NC(=O)NS(=O)(=O)c2ccccc2CCC(F)(F)F)n1.CP(=O)(O)CCC(N)C(=O)O.Cc1nn(-c2cc(NS(C)(=O)=O)c(Cl)cc2Cl)c(=O)n1C(F)F. The Morgan fingerprint density at radius 2 is 1.36 bits per heavy atom. The fourth-order valence-corrected chi connectivity index (χ4v) is 12.1. The number of methoxy groups -OCH3 is 3. The van der Waals surface area contributed by atoms with Crippen LogP contribution in [0.25, 0.3) is 5.69 Å². The van der Waals surface area contributed by atoms with Crippen molar-refractivity contribution in [2.24, 2.45) is 5.73 Å². The highest BCUT2D eigenvalue weighted by Gasteiger charge is 2.31. The second kappa shape index (κ2) is 32.1. The summed E-state index contributed by atoms with van der Waals surface area (Å²) < 4.78 is 191. The summed E-state index contributed by atoms with van der Waals surface area (Å²) in [5, 5.41) is 15.3. The first kappa shape index (κ1) is 76.3. The van der Waals surface area contributed by atoms with Gasteiger partial charge in [-0.3, -0.25) is 24.7 Å². The Labute approximate surface area is 518 Å². The average molecular weight is 1420 g/mol. The number of urea groups is 2. The van der Waals surface area contributed by atoms with Gasteiger partial charge in [-0.05, 0) is 62.6 Å². The maximum Gasteiger partial charge on any atom is 0.389 e. The van der Waals surface area contributed by atoms with Crippen molar-refractivity contribution in [3.63, 3.8) is 0 Å². The number of rotatable bonds is 21. The third-order valence-corrected chi connectivity index (χ3v) is 17.4. The number of carboxylic acids is 1. The minimum atomic E-state index is -4.61. The van der Waals surface area contributed by atoms with E-state index < -0.39 is 117 Å². The molecule has 0 radical (unpaired) electrons. The smallest absolute Gasteiger partial charge is 0.389 e. The fourth-order valence-electron chi connectivity index (χ4n) is 6.43. The first-order chi connectivity index (χ1) is 41.5. The molecule has 6 rings (SSSR count). The molecule has 2 atom stereocenters. The third kappa shape index (κ3) is 24.1. The molecular weight excluding hydrogens is 1360 g/mol. The minimum Gasteiger partial charge on any atom is -0.481 e. The lowest BCUT2D eigenvalue weighted by atomic mass is 10.1. The summed E-state index contributed by atoms with van der Waals surface area (Å²) in [5.74, 6) is -1.94. The molecule has 0 aliphatic rings. The van der Waals surface area contributed by atoms with Gasteiger partial charge in [0.2, 0.25) is 33.7 Å². The molecule has 2 aromatic carbocycles. The lowest BCUT2D eigenvalue weighted by Gasteiger charge is -2.13. The molecule has 496 valence electrons. The van der Waals surface area contributed by atoms with Crippen LogP contribution in [0.5, 0.6) is 17.8 Å². The standard InChI is InChI=1S/C15H16F3N5O4S.C14H17N5O7S2.C11H10Cl2F2N4O3S.C5H12NO4P/c1-9-19-12(22-14(20-9)27-2)21-13(24)23-28(25,26)11-6-4-3-5-10(11)7-8-15(16,17)18;1-4-27(21,22)9-6-5-7-15-12(9)28(23,24)19-14(20)18-13-16-10(25-2)8-11(17-13)26-3;1-5-16-19(11(20)18(5)10(14)15)9-4-8(17-23(2,21)22)6(12)3-7(9)13;1-11(9,10)3-2-4(6)5(7)8/h3-6H,7-8H2,1-2H3,(H2,19,20,21,22,23,24);5-8H,4H2,1-3H3,(H2,16,17,18,19,20);3-4,10,17H,1-2H3;4H,2-3,6H2,1H3,(H,7,8)(H,9,10). The molecule has 9 N–H and O–H groups in total. The lowest BCUT2D eigenvalue weighted by molar-refractivity contribution is -0.138. The number of nitrogens with one attached hydrogen (secondary N) is 5. The Kier molecular flexibility index (Phi) is 27.2. The molecule has 4 aromatic heterocycles. The number of alkyl halides is 5. The number of ether oxygens (including phenoxy) is 3.